The molecule has 1 aromatic heterocycles. The molecule has 0 radical (unpaired) electrons. The van der Waals surface area contributed by atoms with Gasteiger partial charge in [-0.1, -0.05) is 6.08 Å². The van der Waals surface area contributed by atoms with Gasteiger partial charge in [-0.25, -0.2) is 4.98 Å². The monoisotopic (exact) mass is 283 g/mol. The fourth-order valence-corrected chi connectivity index (χ4v) is 1.39. The van der Waals surface area contributed by atoms with E-state index in [9.17, 15) is 0 Å². The van der Waals surface area contributed by atoms with E-state index in [0.29, 0.717) is 18.2 Å². The van der Waals surface area contributed by atoms with Crippen molar-refractivity contribution in [2.45, 2.75) is 6.92 Å². The number of hydrogen-bond acceptors (Lipinski definition) is 4. The second-order valence-electron chi connectivity index (χ2n) is 3.04. The van der Waals surface area contributed by atoms with Gasteiger partial charge in [0.1, 0.15) is 6.61 Å². The first kappa shape index (κ1) is 12.7. The molecule has 86 valence electrons. The zero-order valence-electron chi connectivity index (χ0n) is 9.27. The zero-order valence-corrected chi connectivity index (χ0v) is 10.9. The molecule has 0 aliphatic rings. The summed E-state index contributed by atoms with van der Waals surface area (Å²) in [6.45, 7) is 2.31. The largest absolute Gasteiger partial charge is 0.483 e. The van der Waals surface area contributed by atoms with Crippen LogP contribution in [-0.4, -0.2) is 24.4 Å². The van der Waals surface area contributed by atoms with Crippen LogP contribution in [0.1, 0.15) is 6.92 Å². The first-order valence-electron chi connectivity index (χ1n) is 4.79. The molecule has 0 amide bonds. The molecule has 1 aromatic rings. The van der Waals surface area contributed by atoms with Gasteiger partial charge in [0, 0.05) is 17.7 Å². The molecule has 0 unspecified atom stereocenters. The first-order valence-corrected chi connectivity index (χ1v) is 5.59. The highest BCUT2D eigenvalue weighted by Gasteiger charge is 2.03. The lowest BCUT2D eigenvalue weighted by atomic mass is 10.3. The van der Waals surface area contributed by atoms with Gasteiger partial charge in [0.05, 0.1) is 5.71 Å². The number of nitrogens with zero attached hydrogens (tertiary/aromatic N) is 2. The fourth-order valence-electron chi connectivity index (χ4n) is 1.08. The number of ether oxygens (including phenoxy) is 1. The molecular weight excluding hydrogens is 270 g/mol. The van der Waals surface area contributed by atoms with Crippen LogP contribution in [-0.2, 0) is 0 Å². The van der Waals surface area contributed by atoms with Crippen molar-refractivity contribution in [3.63, 3.8) is 0 Å². The molecule has 0 aliphatic heterocycles. The molecule has 2 N–H and O–H groups in total. The third kappa shape index (κ3) is 3.66. The number of allylic oxidation sites excluding steroid dienone is 1. The predicted octanol–water partition coefficient (Wildman–Crippen LogP) is 2.45. The Bertz CT molecular complexity index is 416. The summed E-state index contributed by atoms with van der Waals surface area (Å²) in [4.78, 5) is 8.05. The van der Waals surface area contributed by atoms with Gasteiger partial charge in [-0.15, -0.1) is 0 Å². The van der Waals surface area contributed by atoms with Crippen LogP contribution in [0.25, 0.3) is 0 Å². The number of nitrogens with two attached hydrogens (primary N) is 1. The highest BCUT2D eigenvalue weighted by molar-refractivity contribution is 9.10. The van der Waals surface area contributed by atoms with E-state index in [0.717, 1.165) is 10.2 Å². The highest BCUT2D eigenvalue weighted by atomic mass is 79.9. The number of pyridine rings is 1. The van der Waals surface area contributed by atoms with Gasteiger partial charge in [-0.2, -0.15) is 0 Å². The zero-order chi connectivity index (χ0) is 12.0. The second-order valence-corrected chi connectivity index (χ2v) is 3.96. The average molecular weight is 284 g/mol. The van der Waals surface area contributed by atoms with E-state index in [1.54, 1.807) is 19.3 Å². The molecule has 0 saturated heterocycles. The number of hydrogen-bond donors (Lipinski definition) is 1. The summed E-state index contributed by atoms with van der Waals surface area (Å²) in [5.41, 5.74) is 6.53. The van der Waals surface area contributed by atoms with Gasteiger partial charge in [0.15, 0.2) is 11.6 Å². The fraction of sp³-hybridized carbons (Fsp3) is 0.273. The summed E-state index contributed by atoms with van der Waals surface area (Å²) in [5, 5.41) is 0. The van der Waals surface area contributed by atoms with Gasteiger partial charge >= 0.3 is 0 Å². The lowest BCUT2D eigenvalue weighted by Crippen LogP contribution is -2.10. The number of halogens is 1. The van der Waals surface area contributed by atoms with Crippen molar-refractivity contribution in [2.24, 2.45) is 4.99 Å². The molecule has 0 aliphatic carbocycles. The van der Waals surface area contributed by atoms with Crippen LogP contribution in [0.15, 0.2) is 33.9 Å². The van der Waals surface area contributed by atoms with Crippen LogP contribution in [0.5, 0.6) is 5.75 Å². The molecule has 0 spiro atoms. The Morgan fingerprint density at radius 3 is 3.06 bits per heavy atom. The number of nitrogen functional groups attached to an aromatic ring is 1. The molecule has 0 aromatic carbocycles. The molecule has 0 atom stereocenters. The van der Waals surface area contributed by atoms with Gasteiger partial charge in [-0.3, -0.25) is 4.99 Å². The second kappa shape index (κ2) is 6.27. The summed E-state index contributed by atoms with van der Waals surface area (Å²) in [7, 11) is 1.72. The predicted molar refractivity (Wildman–Crippen MR) is 70.0 cm³/mol. The normalized spacial score (nSPS) is 12.1. The third-order valence-corrected chi connectivity index (χ3v) is 2.30. The average Bonchev–Trinajstić information content (AvgIpc) is 2.28. The quantitative estimate of drug-likeness (QED) is 0.864. The lowest BCUT2D eigenvalue weighted by Gasteiger charge is -2.08. The summed E-state index contributed by atoms with van der Waals surface area (Å²) in [6, 6.07) is 1.78. The van der Waals surface area contributed by atoms with Gasteiger partial charge < -0.3 is 10.5 Å². The van der Waals surface area contributed by atoms with Crippen LogP contribution >= 0.6 is 15.9 Å². The van der Waals surface area contributed by atoms with E-state index in [1.165, 1.54) is 0 Å². The lowest BCUT2D eigenvalue weighted by molar-refractivity contribution is 0.377. The molecular formula is C11H14BrN3O. The number of anilines is 1. The topological polar surface area (TPSA) is 60.5 Å². The van der Waals surface area contributed by atoms with Crippen LogP contribution in [0.2, 0.25) is 0 Å². The van der Waals surface area contributed by atoms with E-state index in [4.69, 9.17) is 10.5 Å². The van der Waals surface area contributed by atoms with Crippen LogP contribution in [0, 0.1) is 0 Å². The SMILES string of the molecule is C/C=C\C(COc1cc(Br)cnc1N)=NC. The van der Waals surface area contributed by atoms with Crippen LogP contribution < -0.4 is 10.5 Å². The Hall–Kier alpha value is -1.36. The minimum atomic E-state index is 0.374. The van der Waals surface area contributed by atoms with Crippen LogP contribution in [0.3, 0.4) is 0 Å². The van der Waals surface area contributed by atoms with Gasteiger partial charge in [0.25, 0.3) is 0 Å². The minimum absolute atomic E-state index is 0.374. The minimum Gasteiger partial charge on any atom is -0.483 e. The molecule has 0 fully saturated rings. The summed E-state index contributed by atoms with van der Waals surface area (Å²) >= 11 is 3.31. The van der Waals surface area contributed by atoms with Crippen molar-refractivity contribution < 1.29 is 4.74 Å². The highest BCUT2D eigenvalue weighted by Crippen LogP contribution is 2.22. The summed E-state index contributed by atoms with van der Waals surface area (Å²) < 4.78 is 6.35. The molecule has 0 saturated carbocycles. The molecule has 5 heteroatoms. The number of rotatable bonds is 4. The van der Waals surface area contributed by atoms with E-state index in [2.05, 4.69) is 25.9 Å². The number of aromatic nitrogens is 1. The van der Waals surface area contributed by atoms with E-state index >= 15 is 0 Å². The van der Waals surface area contributed by atoms with Crippen molar-refractivity contribution in [1.82, 2.24) is 4.98 Å². The van der Waals surface area contributed by atoms with Gasteiger partial charge in [0.2, 0.25) is 0 Å². The summed E-state index contributed by atoms with van der Waals surface area (Å²) in [5.74, 6) is 0.930. The smallest absolute Gasteiger partial charge is 0.166 e. The molecule has 1 rings (SSSR count). The molecule has 16 heavy (non-hydrogen) atoms. The third-order valence-electron chi connectivity index (χ3n) is 1.87. The number of aliphatic imine (C=N–C) groups is 1. The van der Waals surface area contributed by atoms with Gasteiger partial charge in [-0.05, 0) is 35.0 Å². The maximum Gasteiger partial charge on any atom is 0.166 e. The van der Waals surface area contributed by atoms with Crippen LogP contribution in [0.4, 0.5) is 5.82 Å². The summed E-state index contributed by atoms with van der Waals surface area (Å²) in [6.07, 6.45) is 5.43. The van der Waals surface area contributed by atoms with E-state index in [1.807, 2.05) is 19.1 Å². The Kier molecular flexibility index (Phi) is 4.98. The van der Waals surface area contributed by atoms with E-state index in [-0.39, 0.29) is 0 Å². The van der Waals surface area contributed by atoms with Crippen molar-refractivity contribution in [3.05, 3.63) is 28.9 Å². The Morgan fingerprint density at radius 2 is 2.44 bits per heavy atom. The molecule has 1 heterocycles. The Morgan fingerprint density at radius 1 is 1.69 bits per heavy atom. The molecule has 0 bridgehead atoms. The van der Waals surface area contributed by atoms with Crippen molar-refractivity contribution in [2.75, 3.05) is 19.4 Å². The Labute approximate surface area is 103 Å². The maximum atomic E-state index is 5.68. The van der Waals surface area contributed by atoms with Crippen molar-refractivity contribution >= 4 is 27.5 Å². The van der Waals surface area contributed by atoms with Crippen molar-refractivity contribution in [1.29, 1.82) is 0 Å². The maximum absolute atomic E-state index is 5.68. The standard InChI is InChI=1S/C11H14BrN3O/c1-3-4-9(14-2)7-16-10-5-8(12)6-15-11(10)13/h3-6H,7H2,1-2H3,(H2,13,15)/b4-3-,14-9?. The Balaban J connectivity index is 2.70. The van der Waals surface area contributed by atoms with Crippen molar-refractivity contribution in [3.8, 4) is 5.75 Å². The first-order chi connectivity index (χ1) is 7.67. The molecule has 4 nitrogen and oxygen atoms in total. The van der Waals surface area contributed by atoms with E-state index < -0.39 is 0 Å².